The summed E-state index contributed by atoms with van der Waals surface area (Å²) in [7, 11) is 0. The predicted molar refractivity (Wildman–Crippen MR) is 68.7 cm³/mol. The van der Waals surface area contributed by atoms with Crippen LogP contribution in [-0.4, -0.2) is 26.1 Å². The van der Waals surface area contributed by atoms with E-state index in [9.17, 15) is 10.2 Å². The summed E-state index contributed by atoms with van der Waals surface area (Å²) in [4.78, 5) is 4.27. The Labute approximate surface area is 108 Å². The van der Waals surface area contributed by atoms with Gasteiger partial charge in [-0.15, -0.1) is 11.3 Å². The van der Waals surface area contributed by atoms with Gasteiger partial charge in [-0.25, -0.2) is 4.98 Å². The highest BCUT2D eigenvalue weighted by Gasteiger charge is 2.12. The molecule has 0 atom stereocenters. The number of aromatic hydroxyl groups is 2. The van der Waals surface area contributed by atoms with Crippen molar-refractivity contribution in [3.8, 4) is 11.5 Å². The molecule has 2 rings (SSSR count). The Kier molecular flexibility index (Phi) is 3.47. The van der Waals surface area contributed by atoms with Gasteiger partial charge in [-0.2, -0.15) is 0 Å². The quantitative estimate of drug-likeness (QED) is 0.451. The molecule has 0 spiro atoms. The number of aryl methyl sites for hydroxylation is 1. The van der Waals surface area contributed by atoms with Gasteiger partial charge in [0.2, 0.25) is 0 Å². The Morgan fingerprint density at radius 1 is 1.39 bits per heavy atom. The Hall–Kier alpha value is -2.08. The number of rotatable bonds is 3. The molecule has 18 heavy (non-hydrogen) atoms. The molecule has 0 saturated heterocycles. The number of thiazole rings is 1. The Morgan fingerprint density at radius 3 is 2.72 bits per heavy atom. The van der Waals surface area contributed by atoms with E-state index in [0.29, 0.717) is 17.7 Å². The minimum atomic E-state index is -0.130. The fraction of sp³-hybridized carbons (Fsp3) is 0.167. The van der Waals surface area contributed by atoms with E-state index < -0.39 is 0 Å². The molecular formula is C12H12N2O3S. The molecule has 1 aromatic heterocycles. The van der Waals surface area contributed by atoms with Crippen LogP contribution in [0.2, 0.25) is 0 Å². The topological polar surface area (TPSA) is 85.9 Å². The number of nitrogens with zero attached hydrogens (tertiary/aromatic N) is 2. The molecule has 0 aliphatic rings. The number of aromatic nitrogens is 1. The summed E-state index contributed by atoms with van der Waals surface area (Å²) < 4.78 is 0. The number of phenolic OH excluding ortho intramolecular Hbond substituents is 2. The summed E-state index contributed by atoms with van der Waals surface area (Å²) in [5, 5.41) is 33.9. The van der Waals surface area contributed by atoms with Crippen molar-refractivity contribution in [2.75, 3.05) is 0 Å². The molecule has 94 valence electrons. The molecular weight excluding hydrogens is 252 g/mol. The number of benzene rings is 1. The maximum absolute atomic E-state index is 9.71. The molecule has 3 N–H and O–H groups in total. The van der Waals surface area contributed by atoms with Gasteiger partial charge in [0.15, 0.2) is 0 Å². The molecule has 0 bridgehead atoms. The van der Waals surface area contributed by atoms with E-state index in [1.165, 1.54) is 29.5 Å². The molecule has 0 fully saturated rings. The van der Waals surface area contributed by atoms with Crippen LogP contribution < -0.4 is 0 Å². The van der Waals surface area contributed by atoms with Crippen molar-refractivity contribution in [3.05, 3.63) is 39.8 Å². The third-order valence-corrected chi connectivity index (χ3v) is 3.25. The zero-order valence-electron chi connectivity index (χ0n) is 9.66. The highest BCUT2D eigenvalue weighted by atomic mass is 32.1. The van der Waals surface area contributed by atoms with Crippen LogP contribution >= 0.6 is 11.3 Å². The SMILES string of the molecule is Cc1nc(C/C(=N\O)c2ccc(O)cc2O)cs1. The molecule has 6 heteroatoms. The first-order valence-electron chi connectivity index (χ1n) is 5.24. The van der Waals surface area contributed by atoms with E-state index in [1.807, 2.05) is 12.3 Å². The number of hydrogen-bond acceptors (Lipinski definition) is 6. The fourth-order valence-corrected chi connectivity index (χ4v) is 2.22. The van der Waals surface area contributed by atoms with Crippen LogP contribution in [0.1, 0.15) is 16.3 Å². The van der Waals surface area contributed by atoms with Crippen LogP contribution in [0.4, 0.5) is 0 Å². The van der Waals surface area contributed by atoms with E-state index in [-0.39, 0.29) is 11.5 Å². The molecule has 1 heterocycles. The smallest absolute Gasteiger partial charge is 0.128 e. The Balaban J connectivity index is 2.29. The van der Waals surface area contributed by atoms with Gasteiger partial charge < -0.3 is 15.4 Å². The summed E-state index contributed by atoms with van der Waals surface area (Å²) in [6.07, 6.45) is 0.319. The third kappa shape index (κ3) is 2.60. The van der Waals surface area contributed by atoms with Crippen molar-refractivity contribution >= 4 is 17.0 Å². The van der Waals surface area contributed by atoms with E-state index in [4.69, 9.17) is 5.21 Å². The molecule has 0 unspecified atom stereocenters. The second kappa shape index (κ2) is 5.05. The summed E-state index contributed by atoms with van der Waals surface area (Å²) in [5.74, 6) is -0.173. The minimum Gasteiger partial charge on any atom is -0.508 e. The van der Waals surface area contributed by atoms with Gasteiger partial charge in [0.05, 0.1) is 16.4 Å². The number of hydrogen-bond donors (Lipinski definition) is 3. The first kappa shape index (κ1) is 12.4. The summed E-state index contributed by atoms with van der Waals surface area (Å²) in [6, 6.07) is 4.12. The maximum Gasteiger partial charge on any atom is 0.128 e. The fourth-order valence-electron chi connectivity index (χ4n) is 1.61. The van der Waals surface area contributed by atoms with Gasteiger partial charge in [0, 0.05) is 23.4 Å². The van der Waals surface area contributed by atoms with E-state index in [2.05, 4.69) is 10.1 Å². The highest BCUT2D eigenvalue weighted by molar-refractivity contribution is 7.09. The van der Waals surface area contributed by atoms with Crippen LogP contribution in [0, 0.1) is 6.92 Å². The van der Waals surface area contributed by atoms with Crippen molar-refractivity contribution in [1.82, 2.24) is 4.98 Å². The van der Waals surface area contributed by atoms with Gasteiger partial charge in [0.1, 0.15) is 11.5 Å². The van der Waals surface area contributed by atoms with Crippen LogP contribution in [0.15, 0.2) is 28.7 Å². The zero-order valence-corrected chi connectivity index (χ0v) is 10.5. The number of phenols is 2. The molecule has 0 saturated carbocycles. The Morgan fingerprint density at radius 2 is 2.17 bits per heavy atom. The van der Waals surface area contributed by atoms with Gasteiger partial charge in [0.25, 0.3) is 0 Å². The third-order valence-electron chi connectivity index (χ3n) is 2.43. The van der Waals surface area contributed by atoms with Crippen molar-refractivity contribution < 1.29 is 15.4 Å². The standard InChI is InChI=1S/C12H12N2O3S/c1-7-13-8(6-18-7)4-11(14-17)10-3-2-9(15)5-12(10)16/h2-3,5-6,15-17H,4H2,1H3/b14-11+. The van der Waals surface area contributed by atoms with Gasteiger partial charge >= 0.3 is 0 Å². The summed E-state index contributed by atoms with van der Waals surface area (Å²) in [5.41, 5.74) is 1.46. The highest BCUT2D eigenvalue weighted by Crippen LogP contribution is 2.24. The average molecular weight is 264 g/mol. The van der Waals surface area contributed by atoms with Crippen molar-refractivity contribution in [1.29, 1.82) is 0 Å². The Bertz CT molecular complexity index is 593. The molecule has 5 nitrogen and oxygen atoms in total. The van der Waals surface area contributed by atoms with Crippen molar-refractivity contribution in [2.24, 2.45) is 5.16 Å². The normalized spacial score (nSPS) is 11.7. The molecule has 2 aromatic rings. The predicted octanol–water partition coefficient (Wildman–Crippen LogP) is 2.28. The minimum absolute atomic E-state index is 0.0435. The maximum atomic E-state index is 9.71. The monoisotopic (exact) mass is 264 g/mol. The summed E-state index contributed by atoms with van der Waals surface area (Å²) in [6.45, 7) is 1.89. The zero-order chi connectivity index (χ0) is 13.1. The molecule has 0 radical (unpaired) electrons. The van der Waals surface area contributed by atoms with E-state index in [0.717, 1.165) is 10.7 Å². The van der Waals surface area contributed by atoms with E-state index in [1.54, 1.807) is 0 Å². The lowest BCUT2D eigenvalue weighted by Gasteiger charge is -2.06. The average Bonchev–Trinajstić information content (AvgIpc) is 2.72. The molecule has 0 aliphatic heterocycles. The van der Waals surface area contributed by atoms with Crippen LogP contribution in [0.25, 0.3) is 0 Å². The summed E-state index contributed by atoms with van der Waals surface area (Å²) >= 11 is 1.51. The largest absolute Gasteiger partial charge is 0.508 e. The first-order chi connectivity index (χ1) is 8.60. The first-order valence-corrected chi connectivity index (χ1v) is 6.12. The van der Waals surface area contributed by atoms with Crippen molar-refractivity contribution in [3.63, 3.8) is 0 Å². The lowest BCUT2D eigenvalue weighted by atomic mass is 10.0. The second-order valence-electron chi connectivity index (χ2n) is 3.78. The lowest BCUT2D eigenvalue weighted by molar-refractivity contribution is 0.318. The van der Waals surface area contributed by atoms with Crippen molar-refractivity contribution in [2.45, 2.75) is 13.3 Å². The van der Waals surface area contributed by atoms with Gasteiger partial charge in [-0.05, 0) is 19.1 Å². The number of oxime groups is 1. The lowest BCUT2D eigenvalue weighted by Crippen LogP contribution is -2.06. The van der Waals surface area contributed by atoms with E-state index >= 15 is 0 Å². The second-order valence-corrected chi connectivity index (χ2v) is 4.85. The molecule has 1 aromatic carbocycles. The van der Waals surface area contributed by atoms with Crippen LogP contribution in [-0.2, 0) is 6.42 Å². The van der Waals surface area contributed by atoms with Crippen LogP contribution in [0.3, 0.4) is 0 Å². The molecule has 0 amide bonds. The van der Waals surface area contributed by atoms with Gasteiger partial charge in [-0.1, -0.05) is 5.16 Å². The van der Waals surface area contributed by atoms with Gasteiger partial charge in [-0.3, -0.25) is 0 Å². The molecule has 0 aliphatic carbocycles. The van der Waals surface area contributed by atoms with Crippen LogP contribution in [0.5, 0.6) is 11.5 Å².